The number of benzene rings is 3. The summed E-state index contributed by atoms with van der Waals surface area (Å²) in [6, 6.07) is 14.6. The van der Waals surface area contributed by atoms with E-state index in [9.17, 15) is 28.7 Å². The molecule has 6 atom stereocenters. The zero-order valence-corrected chi connectivity index (χ0v) is 23.1. The molecule has 2 heterocycles. The fraction of sp³-hybridized carbons (Fsp3) is 0.312. The number of carbonyl (C=O) groups excluding carboxylic acids is 4. The third-order valence-corrected chi connectivity index (χ3v) is 10.2. The molecule has 41 heavy (non-hydrogen) atoms. The molecule has 4 amide bonds. The van der Waals surface area contributed by atoms with Gasteiger partial charge in [-0.15, -0.1) is 0 Å². The van der Waals surface area contributed by atoms with Crippen molar-refractivity contribution in [1.29, 1.82) is 0 Å². The average molecular weight is 573 g/mol. The summed E-state index contributed by atoms with van der Waals surface area (Å²) in [5.41, 5.74) is 0.111. The van der Waals surface area contributed by atoms with Crippen LogP contribution in [0.2, 0.25) is 5.02 Å². The molecule has 0 bridgehead atoms. The Morgan fingerprint density at radius 2 is 1.73 bits per heavy atom. The van der Waals surface area contributed by atoms with Crippen LogP contribution >= 0.6 is 11.6 Å². The number of rotatable bonds is 2. The monoisotopic (exact) mass is 572 g/mol. The molecule has 3 aromatic rings. The smallest absolute Gasteiger partial charge is 0.241 e. The zero-order chi connectivity index (χ0) is 29.0. The van der Waals surface area contributed by atoms with Crippen LogP contribution in [0.3, 0.4) is 0 Å². The van der Waals surface area contributed by atoms with Gasteiger partial charge in [-0.2, -0.15) is 0 Å². The average Bonchev–Trinajstić information content (AvgIpc) is 3.30. The maximum atomic E-state index is 14.5. The van der Waals surface area contributed by atoms with Crippen molar-refractivity contribution < 1.29 is 28.7 Å². The Kier molecular flexibility index (Phi) is 5.51. The first-order valence-electron chi connectivity index (χ1n) is 13.6. The minimum absolute atomic E-state index is 0.0215. The lowest BCUT2D eigenvalue weighted by Crippen LogP contribution is -2.48. The lowest BCUT2D eigenvalue weighted by molar-refractivity contribution is -0.138. The third-order valence-electron chi connectivity index (χ3n) is 9.89. The van der Waals surface area contributed by atoms with Crippen LogP contribution in [0.4, 0.5) is 10.1 Å². The lowest BCUT2D eigenvalue weighted by atomic mass is 9.51. The van der Waals surface area contributed by atoms with Gasteiger partial charge in [0, 0.05) is 18.5 Å². The third kappa shape index (κ3) is 3.31. The first-order valence-corrected chi connectivity index (χ1v) is 14.0. The molecule has 3 aromatic carbocycles. The van der Waals surface area contributed by atoms with E-state index < -0.39 is 52.6 Å². The Labute approximate surface area is 240 Å². The van der Waals surface area contributed by atoms with E-state index in [4.69, 9.17) is 11.6 Å². The lowest BCUT2D eigenvalue weighted by Gasteiger charge is -2.49. The Bertz CT molecular complexity index is 1750. The number of carbonyl (C=O) groups is 4. The van der Waals surface area contributed by atoms with E-state index in [2.05, 4.69) is 0 Å². The molecular formula is C32H26ClFN2O5. The first-order chi connectivity index (χ1) is 19.6. The van der Waals surface area contributed by atoms with Crippen molar-refractivity contribution in [1.82, 2.24) is 4.90 Å². The molecular weight excluding hydrogens is 547 g/mol. The van der Waals surface area contributed by atoms with Gasteiger partial charge in [-0.3, -0.25) is 24.1 Å². The van der Waals surface area contributed by atoms with Crippen molar-refractivity contribution in [3.05, 3.63) is 82.6 Å². The van der Waals surface area contributed by atoms with Gasteiger partial charge >= 0.3 is 0 Å². The number of fused-ring (bicyclic) bond motifs is 5. The molecule has 1 saturated carbocycles. The number of amides is 4. The number of hydrogen-bond acceptors (Lipinski definition) is 5. The number of halogens is 2. The van der Waals surface area contributed by atoms with Gasteiger partial charge < -0.3 is 5.11 Å². The number of hydrogen-bond donors (Lipinski definition) is 1. The Morgan fingerprint density at radius 3 is 2.49 bits per heavy atom. The van der Waals surface area contributed by atoms with Crippen molar-refractivity contribution in [3.8, 4) is 5.75 Å². The maximum Gasteiger partial charge on any atom is 0.241 e. The van der Waals surface area contributed by atoms with Crippen molar-refractivity contribution in [3.63, 3.8) is 0 Å². The number of phenols is 1. The van der Waals surface area contributed by atoms with Crippen LogP contribution in [0.15, 0.2) is 66.2 Å². The normalized spacial score (nSPS) is 30.9. The summed E-state index contributed by atoms with van der Waals surface area (Å²) in [5, 5.41) is 12.7. The van der Waals surface area contributed by atoms with E-state index in [0.717, 1.165) is 27.3 Å². The number of nitrogens with zero attached hydrogens (tertiary/aromatic N) is 2. The van der Waals surface area contributed by atoms with Crippen LogP contribution in [0.5, 0.6) is 5.75 Å². The Hall–Kier alpha value is -4.04. The highest BCUT2D eigenvalue weighted by atomic mass is 35.5. The highest BCUT2D eigenvalue weighted by Gasteiger charge is 2.67. The number of allylic oxidation sites excluding steroid dienone is 2. The van der Waals surface area contributed by atoms with Gasteiger partial charge in [-0.1, -0.05) is 53.6 Å². The summed E-state index contributed by atoms with van der Waals surface area (Å²) in [6.45, 7) is 1.74. The number of likely N-dealkylation sites (tertiary alicyclic amines) is 1. The fourth-order valence-corrected chi connectivity index (χ4v) is 8.11. The molecule has 3 fully saturated rings. The molecule has 6 unspecified atom stereocenters. The number of aromatic hydroxyl groups is 1. The molecule has 0 radical (unpaired) electrons. The minimum Gasteiger partial charge on any atom is -0.508 e. The summed E-state index contributed by atoms with van der Waals surface area (Å²) in [4.78, 5) is 57.3. The predicted molar refractivity (Wildman–Crippen MR) is 149 cm³/mol. The van der Waals surface area contributed by atoms with Crippen LogP contribution in [-0.2, 0) is 19.2 Å². The summed E-state index contributed by atoms with van der Waals surface area (Å²) < 4.78 is 14.0. The largest absolute Gasteiger partial charge is 0.508 e. The number of anilines is 1. The summed E-state index contributed by atoms with van der Waals surface area (Å²) >= 11 is 6.05. The van der Waals surface area contributed by atoms with E-state index in [1.54, 1.807) is 19.1 Å². The highest BCUT2D eigenvalue weighted by Crippen LogP contribution is 2.65. The van der Waals surface area contributed by atoms with E-state index >= 15 is 0 Å². The van der Waals surface area contributed by atoms with Gasteiger partial charge in [-0.05, 0) is 60.7 Å². The summed E-state index contributed by atoms with van der Waals surface area (Å²) in [6.07, 6.45) is 2.46. The van der Waals surface area contributed by atoms with E-state index in [-0.39, 0.29) is 34.7 Å². The molecule has 0 spiro atoms. The van der Waals surface area contributed by atoms with Crippen LogP contribution < -0.4 is 4.90 Å². The topological polar surface area (TPSA) is 95.0 Å². The van der Waals surface area contributed by atoms with Gasteiger partial charge in [0.05, 0.1) is 33.9 Å². The standard InChI is InChI=1S/C32H26ClFN2O5/c1-32-21(29(39)36(31(32)41)16-8-11-23(34)22(33)13-16)14-20-18(9-10-19-25(20)30(40)35(2)28(19)38)27(32)26-17-6-4-3-5-15(17)7-12-24(26)37/h3-9,11-13,19-21,25,27,37H,10,14H2,1-2H3. The van der Waals surface area contributed by atoms with Gasteiger partial charge in [0.25, 0.3) is 0 Å². The van der Waals surface area contributed by atoms with Crippen LogP contribution in [0.1, 0.15) is 31.2 Å². The molecule has 0 aromatic heterocycles. The van der Waals surface area contributed by atoms with Crippen molar-refractivity contribution in [2.24, 2.45) is 29.1 Å². The molecule has 2 aliphatic carbocycles. The molecule has 1 N–H and O–H groups in total. The molecule has 2 aliphatic heterocycles. The molecule has 7 nitrogen and oxygen atoms in total. The van der Waals surface area contributed by atoms with E-state index in [1.165, 1.54) is 24.1 Å². The van der Waals surface area contributed by atoms with Crippen molar-refractivity contribution in [2.45, 2.75) is 25.7 Å². The second kappa shape index (κ2) is 8.73. The first kappa shape index (κ1) is 25.9. The molecule has 208 valence electrons. The van der Waals surface area contributed by atoms with Crippen molar-refractivity contribution >= 4 is 51.7 Å². The fourth-order valence-electron chi connectivity index (χ4n) is 7.94. The van der Waals surface area contributed by atoms with E-state index in [1.807, 2.05) is 30.3 Å². The van der Waals surface area contributed by atoms with Gasteiger partial charge in [0.2, 0.25) is 23.6 Å². The van der Waals surface area contributed by atoms with Gasteiger partial charge in [0.15, 0.2) is 0 Å². The SMILES string of the molecule is CN1C(=O)C2CC=C3C(CC4C(=O)N(c5ccc(F)c(Cl)c5)C(=O)C4(C)C3c3c(O)ccc4ccccc34)C2C1=O. The van der Waals surface area contributed by atoms with Gasteiger partial charge in [-0.25, -0.2) is 9.29 Å². The number of imide groups is 2. The predicted octanol–water partition coefficient (Wildman–Crippen LogP) is 5.20. The maximum absolute atomic E-state index is 14.5. The van der Waals surface area contributed by atoms with Crippen LogP contribution in [0, 0.1) is 34.9 Å². The zero-order valence-electron chi connectivity index (χ0n) is 22.3. The van der Waals surface area contributed by atoms with Gasteiger partial charge in [0.1, 0.15) is 11.6 Å². The minimum atomic E-state index is -1.34. The van der Waals surface area contributed by atoms with Crippen molar-refractivity contribution in [2.75, 3.05) is 11.9 Å². The Morgan fingerprint density at radius 1 is 0.976 bits per heavy atom. The molecule has 4 aliphatic rings. The molecule has 2 saturated heterocycles. The quantitative estimate of drug-likeness (QED) is 0.336. The van der Waals surface area contributed by atoms with Crippen LogP contribution in [0.25, 0.3) is 10.8 Å². The summed E-state index contributed by atoms with van der Waals surface area (Å²) in [7, 11) is 1.48. The summed E-state index contributed by atoms with van der Waals surface area (Å²) in [5.74, 6) is -5.49. The van der Waals surface area contributed by atoms with E-state index in [0.29, 0.717) is 12.0 Å². The second-order valence-corrected chi connectivity index (χ2v) is 12.1. The molecule has 7 rings (SSSR count). The highest BCUT2D eigenvalue weighted by molar-refractivity contribution is 6.31. The van der Waals surface area contributed by atoms with Crippen LogP contribution in [-0.4, -0.2) is 40.7 Å². The molecule has 9 heteroatoms. The second-order valence-electron chi connectivity index (χ2n) is 11.7. The number of phenolic OH excluding ortho intramolecular Hbond substituents is 1. The Balaban J connectivity index is 1.48.